The number of thioether (sulfide) groups is 1. The Bertz CT molecular complexity index is 836. The van der Waals surface area contributed by atoms with Crippen LogP contribution >= 0.6 is 11.8 Å². The van der Waals surface area contributed by atoms with Crippen LogP contribution in [0.25, 0.3) is 0 Å². The van der Waals surface area contributed by atoms with Crippen molar-refractivity contribution in [2.24, 2.45) is 0 Å². The molecular weight excluding hydrogens is 342 g/mol. The van der Waals surface area contributed by atoms with E-state index in [4.69, 9.17) is 0 Å². The predicted molar refractivity (Wildman–Crippen MR) is 109 cm³/mol. The van der Waals surface area contributed by atoms with Gasteiger partial charge >= 0.3 is 0 Å². The van der Waals surface area contributed by atoms with Gasteiger partial charge in [0.1, 0.15) is 0 Å². The zero-order chi connectivity index (χ0) is 18.1. The molecule has 0 aliphatic carbocycles. The number of fused-ring (bicyclic) bond motifs is 2. The summed E-state index contributed by atoms with van der Waals surface area (Å²) in [5.41, 5.74) is 6.28. The quantitative estimate of drug-likeness (QED) is 0.830. The van der Waals surface area contributed by atoms with Gasteiger partial charge in [0.25, 0.3) is 0 Å². The van der Waals surface area contributed by atoms with Gasteiger partial charge in [0.15, 0.2) is 0 Å². The van der Waals surface area contributed by atoms with Crippen LogP contribution in [0.5, 0.6) is 0 Å². The topological polar surface area (TPSA) is 44.4 Å². The van der Waals surface area contributed by atoms with Crippen molar-refractivity contribution < 1.29 is 4.79 Å². The number of carbonyl (C=O) groups is 1. The molecule has 1 amide bonds. The van der Waals surface area contributed by atoms with Gasteiger partial charge < -0.3 is 10.6 Å². The first-order chi connectivity index (χ1) is 12.6. The van der Waals surface area contributed by atoms with Crippen LogP contribution in [0, 0.1) is 0 Å². The van der Waals surface area contributed by atoms with Crippen LogP contribution in [0.3, 0.4) is 0 Å². The van der Waals surface area contributed by atoms with Gasteiger partial charge in [0.2, 0.25) is 5.91 Å². The number of anilines is 2. The van der Waals surface area contributed by atoms with Crippen molar-refractivity contribution >= 4 is 29.0 Å². The minimum Gasteiger partial charge on any atom is -0.375 e. The number of aryl methyl sites for hydroxylation is 1. The van der Waals surface area contributed by atoms with E-state index in [0.717, 1.165) is 37.5 Å². The minimum absolute atomic E-state index is 0.0165. The molecule has 0 radical (unpaired) electrons. The van der Waals surface area contributed by atoms with Crippen LogP contribution < -0.4 is 10.6 Å². The Balaban J connectivity index is 1.54. The van der Waals surface area contributed by atoms with Gasteiger partial charge in [0.05, 0.1) is 5.88 Å². The SMILES string of the molecule is CC(=O)Nc1ccc2c(c1)CCCN([C@H](C)c1ccc3c(c1)NCS3)C2. The molecule has 26 heavy (non-hydrogen) atoms. The molecule has 4 nitrogen and oxygen atoms in total. The molecule has 0 saturated heterocycles. The highest BCUT2D eigenvalue weighted by Gasteiger charge is 2.22. The Morgan fingerprint density at radius 1 is 1.23 bits per heavy atom. The number of rotatable bonds is 3. The monoisotopic (exact) mass is 367 g/mol. The summed E-state index contributed by atoms with van der Waals surface area (Å²) in [5, 5.41) is 6.36. The van der Waals surface area contributed by atoms with Gasteiger partial charge in [-0.1, -0.05) is 12.1 Å². The highest BCUT2D eigenvalue weighted by Crippen LogP contribution is 2.37. The molecular formula is C21H25N3OS. The summed E-state index contributed by atoms with van der Waals surface area (Å²) in [6, 6.07) is 13.5. The summed E-state index contributed by atoms with van der Waals surface area (Å²) in [4.78, 5) is 15.2. The van der Waals surface area contributed by atoms with Gasteiger partial charge in [-0.15, -0.1) is 11.8 Å². The lowest BCUT2D eigenvalue weighted by atomic mass is 10.0. The molecule has 5 heteroatoms. The van der Waals surface area contributed by atoms with Gasteiger partial charge in [-0.2, -0.15) is 0 Å². The first-order valence-corrected chi connectivity index (χ1v) is 10.2. The largest absolute Gasteiger partial charge is 0.375 e. The molecule has 0 aromatic heterocycles. The highest BCUT2D eigenvalue weighted by molar-refractivity contribution is 7.99. The summed E-state index contributed by atoms with van der Waals surface area (Å²) >= 11 is 1.87. The van der Waals surface area contributed by atoms with Crippen LogP contribution in [0.4, 0.5) is 11.4 Å². The third-order valence-corrected chi connectivity index (χ3v) is 6.27. The molecule has 1 atom stereocenters. The lowest BCUT2D eigenvalue weighted by Gasteiger charge is -2.28. The number of nitrogens with zero attached hydrogens (tertiary/aromatic N) is 1. The van der Waals surface area contributed by atoms with Crippen molar-refractivity contribution in [1.82, 2.24) is 4.90 Å². The van der Waals surface area contributed by atoms with Crippen molar-refractivity contribution in [2.45, 2.75) is 44.2 Å². The lowest BCUT2D eigenvalue weighted by molar-refractivity contribution is -0.114. The summed E-state index contributed by atoms with van der Waals surface area (Å²) in [7, 11) is 0. The molecule has 0 spiro atoms. The van der Waals surface area contributed by atoms with E-state index >= 15 is 0 Å². The summed E-state index contributed by atoms with van der Waals surface area (Å²) in [6.07, 6.45) is 2.20. The molecule has 2 aliphatic heterocycles. The van der Waals surface area contributed by atoms with E-state index in [1.165, 1.54) is 27.3 Å². The van der Waals surface area contributed by atoms with E-state index in [-0.39, 0.29) is 5.91 Å². The lowest BCUT2D eigenvalue weighted by Crippen LogP contribution is -2.26. The van der Waals surface area contributed by atoms with E-state index in [0.29, 0.717) is 6.04 Å². The van der Waals surface area contributed by atoms with Crippen LogP contribution in [-0.2, 0) is 17.8 Å². The second-order valence-electron chi connectivity index (χ2n) is 7.14. The molecule has 2 heterocycles. The minimum atomic E-state index is -0.0165. The highest BCUT2D eigenvalue weighted by atomic mass is 32.2. The van der Waals surface area contributed by atoms with Gasteiger partial charge in [0, 0.05) is 35.8 Å². The number of hydrogen-bond donors (Lipinski definition) is 2. The average molecular weight is 368 g/mol. The number of hydrogen-bond acceptors (Lipinski definition) is 4. The Morgan fingerprint density at radius 3 is 2.96 bits per heavy atom. The third kappa shape index (κ3) is 3.60. The van der Waals surface area contributed by atoms with E-state index < -0.39 is 0 Å². The fourth-order valence-electron chi connectivity index (χ4n) is 3.87. The maximum Gasteiger partial charge on any atom is 0.221 e. The number of carbonyl (C=O) groups excluding carboxylic acids is 1. The molecule has 2 aromatic carbocycles. The Labute approximate surface area is 159 Å². The molecule has 2 aliphatic rings. The molecule has 0 bridgehead atoms. The second-order valence-corrected chi connectivity index (χ2v) is 8.15. The smallest absolute Gasteiger partial charge is 0.221 e. The molecule has 136 valence electrons. The molecule has 0 unspecified atom stereocenters. The Kier molecular flexibility index (Phi) is 4.92. The zero-order valence-corrected chi connectivity index (χ0v) is 16.2. The van der Waals surface area contributed by atoms with Crippen molar-refractivity contribution in [2.75, 3.05) is 23.1 Å². The number of amides is 1. The number of benzene rings is 2. The van der Waals surface area contributed by atoms with E-state index in [9.17, 15) is 4.79 Å². The number of nitrogens with one attached hydrogen (secondary N) is 2. The van der Waals surface area contributed by atoms with Crippen molar-refractivity contribution in [3.8, 4) is 0 Å². The molecule has 4 rings (SSSR count). The van der Waals surface area contributed by atoms with Crippen molar-refractivity contribution in [3.63, 3.8) is 0 Å². The normalized spacial score (nSPS) is 17.6. The van der Waals surface area contributed by atoms with E-state index in [1.807, 2.05) is 17.8 Å². The summed E-state index contributed by atoms with van der Waals surface area (Å²) in [6.45, 7) is 5.90. The maximum absolute atomic E-state index is 11.3. The average Bonchev–Trinajstić information content (AvgIpc) is 2.99. The van der Waals surface area contributed by atoms with Crippen LogP contribution in [-0.4, -0.2) is 23.2 Å². The fourth-order valence-corrected chi connectivity index (χ4v) is 4.70. The fraction of sp³-hybridized carbons (Fsp3) is 0.381. The maximum atomic E-state index is 11.3. The van der Waals surface area contributed by atoms with Crippen molar-refractivity contribution in [3.05, 3.63) is 53.1 Å². The van der Waals surface area contributed by atoms with E-state index in [2.05, 4.69) is 52.8 Å². The first-order valence-electron chi connectivity index (χ1n) is 9.24. The molecule has 0 fully saturated rings. The van der Waals surface area contributed by atoms with Gasteiger partial charge in [-0.25, -0.2) is 0 Å². The second kappa shape index (κ2) is 7.33. The zero-order valence-electron chi connectivity index (χ0n) is 15.3. The van der Waals surface area contributed by atoms with E-state index in [1.54, 1.807) is 6.92 Å². The molecule has 2 N–H and O–H groups in total. The van der Waals surface area contributed by atoms with Gasteiger partial charge in [-0.05, 0) is 67.3 Å². The molecule has 0 saturated carbocycles. The Hall–Kier alpha value is -1.98. The third-order valence-electron chi connectivity index (χ3n) is 5.32. The van der Waals surface area contributed by atoms with Crippen molar-refractivity contribution in [1.29, 1.82) is 0 Å². The standard InChI is InChI=1S/C21H25N3OS/c1-14(16-6-8-21-20(11-16)22-13-26-21)24-9-3-4-17-10-19(23-15(2)25)7-5-18(17)12-24/h5-8,10-11,14,22H,3-4,9,12-13H2,1-2H3,(H,23,25)/t14-/m1/s1. The van der Waals surface area contributed by atoms with Crippen LogP contribution in [0.2, 0.25) is 0 Å². The predicted octanol–water partition coefficient (Wildman–Crippen LogP) is 4.63. The first kappa shape index (κ1) is 17.4. The summed E-state index contributed by atoms with van der Waals surface area (Å²) in [5.74, 6) is 0.957. The summed E-state index contributed by atoms with van der Waals surface area (Å²) < 4.78 is 0. The van der Waals surface area contributed by atoms with Crippen LogP contribution in [0.1, 0.15) is 43.0 Å². The Morgan fingerprint density at radius 2 is 2.12 bits per heavy atom. The van der Waals surface area contributed by atoms with Gasteiger partial charge in [-0.3, -0.25) is 9.69 Å². The molecule has 2 aromatic rings. The van der Waals surface area contributed by atoms with Crippen LogP contribution in [0.15, 0.2) is 41.3 Å².